The van der Waals surface area contributed by atoms with Gasteiger partial charge in [-0.2, -0.15) is 18.4 Å². The lowest BCUT2D eigenvalue weighted by molar-refractivity contribution is -0.141. The van der Waals surface area contributed by atoms with Gasteiger partial charge in [0.2, 0.25) is 0 Å². The van der Waals surface area contributed by atoms with Crippen LogP contribution >= 0.6 is 0 Å². The molecule has 0 amide bonds. The van der Waals surface area contributed by atoms with Crippen molar-refractivity contribution < 1.29 is 21.6 Å². The normalized spacial score (nSPS) is 12.3. The second-order valence-corrected chi connectivity index (χ2v) is 7.76. The van der Waals surface area contributed by atoms with E-state index in [2.05, 4.69) is 20.2 Å². The molecule has 0 fully saturated rings. The second-order valence-electron chi connectivity index (χ2n) is 5.52. The molecule has 3 aromatic rings. The average Bonchev–Trinajstić information content (AvgIpc) is 2.96. The summed E-state index contributed by atoms with van der Waals surface area (Å²) in [7, 11) is -2.32. The van der Waals surface area contributed by atoms with Gasteiger partial charge >= 0.3 is 6.18 Å². The summed E-state index contributed by atoms with van der Waals surface area (Å²) < 4.78 is 64.6. The molecule has 0 aliphatic carbocycles. The number of nitriles is 1. The summed E-state index contributed by atoms with van der Waals surface area (Å²) in [5, 5.41) is 15.7. The summed E-state index contributed by atoms with van der Waals surface area (Å²) in [5.41, 5.74) is -1.34. The van der Waals surface area contributed by atoms with Crippen LogP contribution in [0.2, 0.25) is 0 Å². The van der Waals surface area contributed by atoms with Crippen molar-refractivity contribution in [2.75, 3.05) is 5.75 Å². The van der Waals surface area contributed by atoms with E-state index in [1.54, 1.807) is 6.07 Å². The highest BCUT2D eigenvalue weighted by atomic mass is 32.2. The van der Waals surface area contributed by atoms with Gasteiger partial charge in [-0.25, -0.2) is 13.4 Å². The number of aromatic nitrogens is 5. The van der Waals surface area contributed by atoms with E-state index in [0.717, 1.165) is 18.3 Å². The lowest BCUT2D eigenvalue weighted by Gasteiger charge is -2.08. The van der Waals surface area contributed by atoms with E-state index in [-0.39, 0.29) is 38.9 Å². The van der Waals surface area contributed by atoms with Crippen molar-refractivity contribution in [3.8, 4) is 17.6 Å². The van der Waals surface area contributed by atoms with Crippen LogP contribution in [0.5, 0.6) is 0 Å². The first-order valence-electron chi connectivity index (χ1n) is 7.49. The molecular formula is C15H11F3N6O2S. The zero-order chi connectivity index (χ0) is 20.0. The predicted octanol–water partition coefficient (Wildman–Crippen LogP) is 2.11. The molecule has 0 unspecified atom stereocenters. The Labute approximate surface area is 151 Å². The van der Waals surface area contributed by atoms with Crippen molar-refractivity contribution in [3.05, 3.63) is 29.6 Å². The first-order chi connectivity index (χ1) is 12.6. The number of alkyl halides is 3. The zero-order valence-corrected chi connectivity index (χ0v) is 14.8. The van der Waals surface area contributed by atoms with Crippen LogP contribution in [-0.2, 0) is 23.1 Å². The third-order valence-corrected chi connectivity index (χ3v) is 5.56. The minimum Gasteiger partial charge on any atom is -0.309 e. The van der Waals surface area contributed by atoms with E-state index in [1.807, 2.05) is 0 Å². The second kappa shape index (κ2) is 6.27. The molecule has 0 atom stereocenters. The van der Waals surface area contributed by atoms with Gasteiger partial charge in [-0.3, -0.25) is 4.98 Å². The van der Waals surface area contributed by atoms with Crippen molar-refractivity contribution in [3.63, 3.8) is 0 Å². The number of sulfone groups is 1. The summed E-state index contributed by atoms with van der Waals surface area (Å²) in [5.74, 6) is -0.256. The Morgan fingerprint density at radius 2 is 1.96 bits per heavy atom. The molecule has 3 aromatic heterocycles. The van der Waals surface area contributed by atoms with Gasteiger partial charge in [-0.05, 0) is 6.07 Å². The van der Waals surface area contributed by atoms with E-state index >= 15 is 0 Å². The highest BCUT2D eigenvalue weighted by Gasteiger charge is 2.34. The van der Waals surface area contributed by atoms with Crippen LogP contribution < -0.4 is 0 Å². The Hall–Kier alpha value is -3.07. The van der Waals surface area contributed by atoms with Crippen molar-refractivity contribution in [2.45, 2.75) is 18.0 Å². The van der Waals surface area contributed by atoms with Crippen LogP contribution in [0.3, 0.4) is 0 Å². The number of hydrogen-bond donors (Lipinski definition) is 0. The van der Waals surface area contributed by atoms with E-state index in [1.165, 1.54) is 18.5 Å². The SMILES string of the molecule is CCS(=O)(=O)c1cc(C#N)cnc1-c1nc2cc(C(F)(F)F)nnc2n1C. The first-order valence-corrected chi connectivity index (χ1v) is 9.14. The Balaban J connectivity index is 2.30. The van der Waals surface area contributed by atoms with Crippen molar-refractivity contribution in [1.29, 1.82) is 5.26 Å². The molecule has 0 N–H and O–H groups in total. The maximum Gasteiger partial charge on any atom is 0.435 e. The minimum atomic E-state index is -4.69. The van der Waals surface area contributed by atoms with Crippen molar-refractivity contribution in [2.24, 2.45) is 7.05 Å². The van der Waals surface area contributed by atoms with E-state index < -0.39 is 21.7 Å². The van der Waals surface area contributed by atoms with Crippen LogP contribution in [0.25, 0.3) is 22.7 Å². The lowest BCUT2D eigenvalue weighted by atomic mass is 10.2. The number of hydrogen-bond acceptors (Lipinski definition) is 7. The quantitative estimate of drug-likeness (QED) is 0.666. The molecule has 0 bridgehead atoms. The fraction of sp³-hybridized carbons (Fsp3) is 0.267. The number of rotatable bonds is 3. The molecule has 0 aliphatic rings. The van der Waals surface area contributed by atoms with Gasteiger partial charge in [0, 0.05) is 19.3 Å². The van der Waals surface area contributed by atoms with Crippen LogP contribution in [0.15, 0.2) is 23.2 Å². The Bertz CT molecular complexity index is 1190. The summed E-state index contributed by atoms with van der Waals surface area (Å²) in [6, 6.07) is 3.69. The minimum absolute atomic E-state index is 0.00450. The number of nitrogens with zero attached hydrogens (tertiary/aromatic N) is 6. The van der Waals surface area contributed by atoms with Crippen LogP contribution in [0.1, 0.15) is 18.2 Å². The Morgan fingerprint density at radius 3 is 2.56 bits per heavy atom. The van der Waals surface area contributed by atoms with Gasteiger partial charge in [0.1, 0.15) is 17.3 Å². The predicted molar refractivity (Wildman–Crippen MR) is 87.0 cm³/mol. The largest absolute Gasteiger partial charge is 0.435 e. The molecule has 0 radical (unpaired) electrons. The highest BCUT2D eigenvalue weighted by Crippen LogP contribution is 2.31. The van der Waals surface area contributed by atoms with Gasteiger partial charge in [0.25, 0.3) is 0 Å². The van der Waals surface area contributed by atoms with Gasteiger partial charge in [0.15, 0.2) is 27.0 Å². The number of aryl methyl sites for hydroxylation is 1. The maximum atomic E-state index is 12.8. The number of halogens is 3. The van der Waals surface area contributed by atoms with E-state index in [0.29, 0.717) is 0 Å². The molecule has 0 saturated carbocycles. The van der Waals surface area contributed by atoms with Crippen molar-refractivity contribution in [1.82, 2.24) is 24.7 Å². The standard InChI is InChI=1S/C15H11F3N6O2S/c1-3-27(25,26)10-4-8(6-19)7-20-12(10)14-21-9-5-11(15(16,17)18)22-23-13(9)24(14)2/h4-5,7H,3H2,1-2H3. The summed E-state index contributed by atoms with van der Waals surface area (Å²) in [6.07, 6.45) is -3.53. The molecule has 0 spiro atoms. The molecule has 8 nitrogen and oxygen atoms in total. The molecule has 3 heterocycles. The smallest absolute Gasteiger partial charge is 0.309 e. The number of fused-ring (bicyclic) bond motifs is 1. The third kappa shape index (κ3) is 3.21. The van der Waals surface area contributed by atoms with Crippen LogP contribution in [0, 0.1) is 11.3 Å². The molecule has 27 heavy (non-hydrogen) atoms. The van der Waals surface area contributed by atoms with Gasteiger partial charge < -0.3 is 4.57 Å². The number of pyridine rings is 1. The summed E-state index contributed by atoms with van der Waals surface area (Å²) >= 11 is 0. The van der Waals surface area contributed by atoms with Gasteiger partial charge in [-0.15, -0.1) is 10.2 Å². The maximum absolute atomic E-state index is 12.8. The monoisotopic (exact) mass is 396 g/mol. The molecule has 0 saturated heterocycles. The zero-order valence-electron chi connectivity index (χ0n) is 14.0. The summed E-state index contributed by atoms with van der Waals surface area (Å²) in [4.78, 5) is 7.85. The van der Waals surface area contributed by atoms with Crippen LogP contribution in [0.4, 0.5) is 13.2 Å². The molecular weight excluding hydrogens is 385 g/mol. The van der Waals surface area contributed by atoms with E-state index in [4.69, 9.17) is 5.26 Å². The molecule has 3 rings (SSSR count). The van der Waals surface area contributed by atoms with Gasteiger partial charge in [-0.1, -0.05) is 6.92 Å². The van der Waals surface area contributed by atoms with Crippen molar-refractivity contribution >= 4 is 21.0 Å². The topological polar surface area (TPSA) is 114 Å². The van der Waals surface area contributed by atoms with Gasteiger partial charge in [0.05, 0.1) is 16.2 Å². The first kappa shape index (κ1) is 18.7. The summed E-state index contributed by atoms with van der Waals surface area (Å²) in [6.45, 7) is 1.42. The fourth-order valence-corrected chi connectivity index (χ4v) is 3.46. The lowest BCUT2D eigenvalue weighted by Crippen LogP contribution is -2.10. The molecule has 140 valence electrons. The highest BCUT2D eigenvalue weighted by molar-refractivity contribution is 7.91. The van der Waals surface area contributed by atoms with Crippen LogP contribution in [-0.4, -0.2) is 38.9 Å². The van der Waals surface area contributed by atoms with E-state index in [9.17, 15) is 21.6 Å². The molecule has 12 heteroatoms. The molecule has 0 aliphatic heterocycles. The Kier molecular flexibility index (Phi) is 4.35. The third-order valence-electron chi connectivity index (χ3n) is 3.82. The Morgan fingerprint density at radius 1 is 1.26 bits per heavy atom. The number of imidazole rings is 1. The fourth-order valence-electron chi connectivity index (χ4n) is 2.40. The average molecular weight is 396 g/mol. The molecule has 0 aromatic carbocycles.